The number of hydrogen-bond donors (Lipinski definition) is 1. The van der Waals surface area contributed by atoms with Gasteiger partial charge >= 0.3 is 5.97 Å². The third-order valence-electron chi connectivity index (χ3n) is 0.634. The Kier molecular flexibility index (Phi) is 8.74. The van der Waals surface area contributed by atoms with Crippen molar-refractivity contribution in [3.63, 3.8) is 0 Å². The van der Waals surface area contributed by atoms with Crippen molar-refractivity contribution < 1.29 is 19.4 Å². The van der Waals surface area contributed by atoms with Gasteiger partial charge in [-0.05, 0) is 6.08 Å². The van der Waals surface area contributed by atoms with E-state index in [4.69, 9.17) is 15.2 Å². The Morgan fingerprint density at radius 3 is 2.08 bits per heavy atom. The maximum atomic E-state index is 10.2. The van der Waals surface area contributed by atoms with Gasteiger partial charge in [0.2, 0.25) is 6.10 Å². The summed E-state index contributed by atoms with van der Waals surface area (Å²) in [6, 6.07) is 1.72. The largest absolute Gasteiger partial charge is 0.481 e. The fraction of sp³-hybridized carbons (Fsp3) is 0.375. The average molecular weight is 185 g/mol. The molecule has 0 aliphatic heterocycles. The van der Waals surface area contributed by atoms with E-state index in [1.807, 2.05) is 0 Å². The van der Waals surface area contributed by atoms with Crippen molar-refractivity contribution in [2.45, 2.75) is 20.0 Å². The van der Waals surface area contributed by atoms with Gasteiger partial charge in [-0.15, -0.1) is 0 Å². The lowest BCUT2D eigenvalue weighted by molar-refractivity contribution is -0.142. The highest BCUT2D eigenvalue weighted by molar-refractivity contribution is 5.66. The summed E-state index contributed by atoms with van der Waals surface area (Å²) in [7, 11) is 0. The molecule has 0 aromatic heterocycles. The molecule has 0 saturated carbocycles. The molecule has 1 unspecified atom stereocenters. The zero-order chi connectivity index (χ0) is 10.9. The highest BCUT2D eigenvalue weighted by Crippen LogP contribution is 1.89. The zero-order valence-electron chi connectivity index (χ0n) is 7.48. The number of carbonyl (C=O) groups excluding carboxylic acids is 1. The van der Waals surface area contributed by atoms with Gasteiger partial charge in [-0.2, -0.15) is 5.26 Å². The minimum absolute atomic E-state index is 0.471. The first-order chi connectivity index (χ1) is 5.93. The number of ether oxygens (including phenoxy) is 1. The number of carbonyl (C=O) groups is 2. The molecule has 1 N–H and O–H groups in total. The molecule has 0 amide bonds. The molecular weight excluding hydrogens is 174 g/mol. The summed E-state index contributed by atoms with van der Waals surface area (Å²) in [5, 5.41) is 15.6. The molecule has 0 rings (SSSR count). The fourth-order valence-electron chi connectivity index (χ4n) is 0.306. The van der Waals surface area contributed by atoms with Gasteiger partial charge in [-0.3, -0.25) is 9.59 Å². The van der Waals surface area contributed by atoms with Gasteiger partial charge in [0.1, 0.15) is 6.07 Å². The first kappa shape index (κ1) is 13.7. The van der Waals surface area contributed by atoms with E-state index >= 15 is 0 Å². The first-order valence-electron chi connectivity index (χ1n) is 3.33. The molecule has 0 spiro atoms. The zero-order valence-corrected chi connectivity index (χ0v) is 7.48. The summed E-state index contributed by atoms with van der Waals surface area (Å²) in [5.41, 5.74) is 0. The molecule has 0 heterocycles. The molecule has 0 aliphatic carbocycles. The van der Waals surface area contributed by atoms with Gasteiger partial charge in [0, 0.05) is 13.8 Å². The summed E-state index contributed by atoms with van der Waals surface area (Å²) < 4.78 is 4.43. The van der Waals surface area contributed by atoms with Crippen LogP contribution in [-0.4, -0.2) is 23.1 Å². The van der Waals surface area contributed by atoms with E-state index < -0.39 is 18.0 Å². The van der Waals surface area contributed by atoms with Crippen LogP contribution in [0.25, 0.3) is 0 Å². The standard InChI is InChI=1S/C6H7NO2.C2H4O2/c1-3-6(4-7)9-5(2)8;1-2(3)4/h3,6H,1H2,2H3;1H3,(H,3,4). The van der Waals surface area contributed by atoms with Crippen molar-refractivity contribution in [2.24, 2.45) is 0 Å². The Morgan fingerprint density at radius 2 is 2.00 bits per heavy atom. The normalized spacial score (nSPS) is 9.62. The molecule has 0 fully saturated rings. The Hall–Kier alpha value is -1.83. The van der Waals surface area contributed by atoms with Gasteiger partial charge in [0.05, 0.1) is 0 Å². The molecule has 0 saturated heterocycles. The van der Waals surface area contributed by atoms with Gasteiger partial charge in [-0.1, -0.05) is 6.58 Å². The number of hydrogen-bond acceptors (Lipinski definition) is 4. The Labute approximate surface area is 76.2 Å². The number of nitrogens with zero attached hydrogens (tertiary/aromatic N) is 1. The van der Waals surface area contributed by atoms with Gasteiger partial charge in [0.15, 0.2) is 0 Å². The van der Waals surface area contributed by atoms with E-state index in [1.54, 1.807) is 6.07 Å². The number of carboxylic acid groups (broad SMARTS) is 1. The molecule has 0 radical (unpaired) electrons. The second-order valence-electron chi connectivity index (χ2n) is 1.91. The van der Waals surface area contributed by atoms with Crippen LogP contribution in [0.1, 0.15) is 13.8 Å². The van der Waals surface area contributed by atoms with Crippen molar-refractivity contribution in [3.05, 3.63) is 12.7 Å². The predicted octanol–water partition coefficient (Wildman–Crippen LogP) is 0.719. The smallest absolute Gasteiger partial charge is 0.304 e. The summed E-state index contributed by atoms with van der Waals surface area (Å²) in [5.74, 6) is -1.30. The number of nitriles is 1. The quantitative estimate of drug-likeness (QED) is 0.505. The van der Waals surface area contributed by atoms with Crippen molar-refractivity contribution in [1.29, 1.82) is 5.26 Å². The lowest BCUT2D eigenvalue weighted by Gasteiger charge is -2.00. The van der Waals surface area contributed by atoms with E-state index in [1.165, 1.54) is 13.0 Å². The van der Waals surface area contributed by atoms with Crippen LogP contribution in [0.3, 0.4) is 0 Å². The lowest BCUT2D eigenvalue weighted by atomic mass is 10.4. The van der Waals surface area contributed by atoms with Gasteiger partial charge in [0.25, 0.3) is 5.97 Å². The van der Waals surface area contributed by atoms with E-state index in [-0.39, 0.29) is 0 Å². The maximum Gasteiger partial charge on any atom is 0.304 e. The molecular formula is C8H11NO4. The summed E-state index contributed by atoms with van der Waals surface area (Å²) in [6.07, 6.45) is 0.462. The van der Waals surface area contributed by atoms with Crippen LogP contribution in [0.15, 0.2) is 12.7 Å². The third kappa shape index (κ3) is 17.8. The Morgan fingerprint density at radius 1 is 1.62 bits per heavy atom. The number of esters is 1. The number of carboxylic acids is 1. The molecule has 72 valence electrons. The molecule has 0 aliphatic rings. The molecule has 5 heteroatoms. The van der Waals surface area contributed by atoms with Crippen molar-refractivity contribution >= 4 is 11.9 Å². The van der Waals surface area contributed by atoms with Gasteiger partial charge in [-0.25, -0.2) is 0 Å². The Balaban J connectivity index is 0. The van der Waals surface area contributed by atoms with Gasteiger partial charge < -0.3 is 9.84 Å². The number of aliphatic carboxylic acids is 1. The van der Waals surface area contributed by atoms with Crippen molar-refractivity contribution in [3.8, 4) is 6.07 Å². The van der Waals surface area contributed by atoms with E-state index in [0.717, 1.165) is 6.92 Å². The Bertz CT molecular complexity index is 225. The SMILES string of the molecule is C=CC(C#N)OC(C)=O.CC(=O)O. The summed E-state index contributed by atoms with van der Waals surface area (Å²) in [6.45, 7) is 5.61. The molecule has 0 bridgehead atoms. The van der Waals surface area contributed by atoms with Crippen LogP contribution in [0, 0.1) is 11.3 Å². The average Bonchev–Trinajstić information content (AvgIpc) is 1.98. The second-order valence-corrected chi connectivity index (χ2v) is 1.91. The lowest BCUT2D eigenvalue weighted by Crippen LogP contribution is -2.10. The third-order valence-corrected chi connectivity index (χ3v) is 0.634. The predicted molar refractivity (Wildman–Crippen MR) is 44.7 cm³/mol. The maximum absolute atomic E-state index is 10.2. The summed E-state index contributed by atoms with van der Waals surface area (Å²) >= 11 is 0. The monoisotopic (exact) mass is 185 g/mol. The van der Waals surface area contributed by atoms with Crippen LogP contribution in [0.5, 0.6) is 0 Å². The minimum Gasteiger partial charge on any atom is -0.481 e. The topological polar surface area (TPSA) is 87.4 Å². The highest BCUT2D eigenvalue weighted by Gasteiger charge is 2.02. The van der Waals surface area contributed by atoms with Crippen molar-refractivity contribution in [1.82, 2.24) is 0 Å². The molecule has 0 aromatic carbocycles. The van der Waals surface area contributed by atoms with Crippen LogP contribution in [0.4, 0.5) is 0 Å². The molecule has 1 atom stereocenters. The molecule has 5 nitrogen and oxygen atoms in total. The first-order valence-corrected chi connectivity index (χ1v) is 3.33. The van der Waals surface area contributed by atoms with Crippen LogP contribution < -0.4 is 0 Å². The summed E-state index contributed by atoms with van der Waals surface area (Å²) in [4.78, 5) is 19.2. The van der Waals surface area contributed by atoms with Crippen LogP contribution >= 0.6 is 0 Å². The van der Waals surface area contributed by atoms with E-state index in [2.05, 4.69) is 11.3 Å². The van der Waals surface area contributed by atoms with Crippen LogP contribution in [0.2, 0.25) is 0 Å². The molecule has 13 heavy (non-hydrogen) atoms. The number of rotatable bonds is 2. The fourth-order valence-corrected chi connectivity index (χ4v) is 0.306. The molecule has 0 aromatic rings. The second kappa shape index (κ2) is 8.27. The highest BCUT2D eigenvalue weighted by atomic mass is 16.5. The van der Waals surface area contributed by atoms with E-state index in [9.17, 15) is 4.79 Å². The minimum atomic E-state index is -0.833. The van der Waals surface area contributed by atoms with Crippen LogP contribution in [-0.2, 0) is 14.3 Å². The van der Waals surface area contributed by atoms with E-state index in [0.29, 0.717) is 0 Å². The van der Waals surface area contributed by atoms with Crippen molar-refractivity contribution in [2.75, 3.05) is 0 Å².